The first-order chi connectivity index (χ1) is 6.77. The third kappa shape index (κ3) is 10.2. The molecule has 0 radical (unpaired) electrons. The van der Waals surface area contributed by atoms with Crippen molar-refractivity contribution < 1.29 is 9.90 Å². The molecule has 0 unspecified atom stereocenters. The zero-order valence-corrected chi connectivity index (χ0v) is 8.23. The number of hydrogen-bond acceptors (Lipinski definition) is 1. The summed E-state index contributed by atoms with van der Waals surface area (Å²) in [5.74, 6) is 4.90. The summed E-state index contributed by atoms with van der Waals surface area (Å²) >= 11 is 0. The lowest BCUT2D eigenvalue weighted by molar-refractivity contribution is -0.131. The first-order valence-corrected chi connectivity index (χ1v) is 4.43. The molecule has 0 atom stereocenters. The lowest BCUT2D eigenvalue weighted by Gasteiger charge is -1.80. The third-order valence-electron chi connectivity index (χ3n) is 1.27. The summed E-state index contributed by atoms with van der Waals surface area (Å²) in [5.41, 5.74) is 0. The van der Waals surface area contributed by atoms with Crippen LogP contribution in [0.2, 0.25) is 0 Å². The van der Waals surface area contributed by atoms with E-state index < -0.39 is 5.97 Å². The Morgan fingerprint density at radius 2 is 2.21 bits per heavy atom. The van der Waals surface area contributed by atoms with Gasteiger partial charge in [-0.25, -0.2) is 4.79 Å². The van der Waals surface area contributed by atoms with Gasteiger partial charge in [-0.3, -0.25) is 0 Å². The van der Waals surface area contributed by atoms with E-state index in [4.69, 9.17) is 5.11 Å². The highest BCUT2D eigenvalue weighted by Crippen LogP contribution is 1.89. The van der Waals surface area contributed by atoms with Crippen molar-refractivity contribution in [2.75, 3.05) is 0 Å². The molecule has 1 N–H and O–H groups in total. The maximum atomic E-state index is 10.1. The molecule has 74 valence electrons. The number of carboxylic acids is 1. The normalized spacial score (nSPS) is 10.9. The van der Waals surface area contributed by atoms with Gasteiger partial charge in [0.1, 0.15) is 0 Å². The average Bonchev–Trinajstić information content (AvgIpc) is 2.15. The van der Waals surface area contributed by atoms with Crippen LogP contribution in [0, 0.1) is 11.8 Å². The first kappa shape index (κ1) is 12.2. The fraction of sp³-hybridized carbons (Fsp3) is 0.250. The van der Waals surface area contributed by atoms with Crippen molar-refractivity contribution in [2.45, 2.75) is 19.8 Å². The minimum absolute atomic E-state index is 0.793. The number of rotatable bonds is 4. The fourth-order valence-corrected chi connectivity index (χ4v) is 0.683. The Morgan fingerprint density at radius 3 is 2.86 bits per heavy atom. The van der Waals surface area contributed by atoms with Gasteiger partial charge in [-0.15, -0.1) is 0 Å². The zero-order chi connectivity index (χ0) is 10.6. The van der Waals surface area contributed by atoms with Crippen molar-refractivity contribution in [3.8, 4) is 11.8 Å². The van der Waals surface area contributed by atoms with Crippen LogP contribution in [0.1, 0.15) is 19.8 Å². The molecule has 0 aliphatic heterocycles. The lowest BCUT2D eigenvalue weighted by Crippen LogP contribution is -1.84. The van der Waals surface area contributed by atoms with Gasteiger partial charge in [-0.05, 0) is 19.4 Å². The minimum atomic E-state index is -0.928. The summed E-state index contributed by atoms with van der Waals surface area (Å²) in [6.07, 6.45) is 11.5. The number of carbonyl (C=O) groups is 1. The van der Waals surface area contributed by atoms with Gasteiger partial charge in [0.2, 0.25) is 0 Å². The van der Waals surface area contributed by atoms with Crippen LogP contribution in [-0.4, -0.2) is 11.1 Å². The molecule has 0 aromatic heterocycles. The summed E-state index contributed by atoms with van der Waals surface area (Å²) < 4.78 is 0. The van der Waals surface area contributed by atoms with Gasteiger partial charge in [-0.2, -0.15) is 0 Å². The van der Waals surface area contributed by atoms with E-state index in [1.165, 1.54) is 6.08 Å². The molecule has 0 aromatic carbocycles. The number of aliphatic carboxylic acids is 1. The van der Waals surface area contributed by atoms with Gasteiger partial charge in [0.15, 0.2) is 0 Å². The van der Waals surface area contributed by atoms with Crippen LogP contribution in [0.25, 0.3) is 0 Å². The van der Waals surface area contributed by atoms with E-state index in [1.54, 1.807) is 12.2 Å². The summed E-state index contributed by atoms with van der Waals surface area (Å²) in [5, 5.41) is 8.26. The first-order valence-electron chi connectivity index (χ1n) is 4.43. The molecule has 0 aromatic rings. The average molecular weight is 190 g/mol. The monoisotopic (exact) mass is 190 g/mol. The van der Waals surface area contributed by atoms with E-state index in [2.05, 4.69) is 11.8 Å². The Kier molecular flexibility index (Phi) is 8.17. The zero-order valence-electron chi connectivity index (χ0n) is 8.23. The van der Waals surface area contributed by atoms with E-state index in [-0.39, 0.29) is 0 Å². The molecule has 0 rings (SSSR count). The number of hydrogen-bond donors (Lipinski definition) is 1. The van der Waals surface area contributed by atoms with Crippen molar-refractivity contribution in [1.82, 2.24) is 0 Å². The molecule has 2 nitrogen and oxygen atoms in total. The van der Waals surface area contributed by atoms with Gasteiger partial charge in [0, 0.05) is 12.5 Å². The van der Waals surface area contributed by atoms with Crippen LogP contribution < -0.4 is 0 Å². The second-order valence-electron chi connectivity index (χ2n) is 2.49. The van der Waals surface area contributed by atoms with Gasteiger partial charge in [-0.1, -0.05) is 36.1 Å². The number of unbranched alkanes of at least 4 members (excludes halogenated alkanes) is 1. The standard InChI is InChI=1S/C12H14O2/c1-2-3-4-5-6-7-8-9-10-11-12(13)14/h2-3,8-11H,6-7H2,1H3,(H,13,14). The van der Waals surface area contributed by atoms with Crippen LogP contribution in [0.4, 0.5) is 0 Å². The molecular formula is C12H14O2. The molecule has 0 fully saturated rings. The van der Waals surface area contributed by atoms with Crippen LogP contribution in [0.5, 0.6) is 0 Å². The van der Waals surface area contributed by atoms with Crippen molar-refractivity contribution >= 4 is 5.97 Å². The molecular weight excluding hydrogens is 176 g/mol. The predicted molar refractivity (Wildman–Crippen MR) is 57.7 cm³/mol. The molecule has 0 aliphatic rings. The molecule has 0 saturated heterocycles. The summed E-state index contributed by atoms with van der Waals surface area (Å²) in [6.45, 7) is 1.92. The predicted octanol–water partition coefficient (Wildman–Crippen LogP) is 2.54. The second-order valence-corrected chi connectivity index (χ2v) is 2.49. The van der Waals surface area contributed by atoms with E-state index >= 15 is 0 Å². The summed E-state index contributed by atoms with van der Waals surface area (Å²) in [6, 6.07) is 0. The van der Waals surface area contributed by atoms with Gasteiger partial charge >= 0.3 is 5.97 Å². The smallest absolute Gasteiger partial charge is 0.328 e. The van der Waals surface area contributed by atoms with E-state index in [0.29, 0.717) is 0 Å². The number of carboxylic acid groups (broad SMARTS) is 1. The van der Waals surface area contributed by atoms with Gasteiger partial charge in [0.25, 0.3) is 0 Å². The van der Waals surface area contributed by atoms with Crippen molar-refractivity contribution in [2.24, 2.45) is 0 Å². The Labute approximate surface area is 84.6 Å². The van der Waals surface area contributed by atoms with Crippen LogP contribution >= 0.6 is 0 Å². The molecule has 0 saturated carbocycles. The van der Waals surface area contributed by atoms with Crippen molar-refractivity contribution in [1.29, 1.82) is 0 Å². The number of allylic oxidation sites excluding steroid dienone is 5. The maximum absolute atomic E-state index is 10.1. The highest BCUT2D eigenvalue weighted by molar-refractivity contribution is 5.80. The summed E-state index contributed by atoms with van der Waals surface area (Å²) in [4.78, 5) is 10.1. The molecule has 0 spiro atoms. The van der Waals surface area contributed by atoms with E-state index in [0.717, 1.165) is 18.9 Å². The van der Waals surface area contributed by atoms with Crippen LogP contribution in [0.15, 0.2) is 36.5 Å². The molecule has 0 heterocycles. The minimum Gasteiger partial charge on any atom is -0.478 e. The van der Waals surface area contributed by atoms with Crippen LogP contribution in [-0.2, 0) is 4.79 Å². The van der Waals surface area contributed by atoms with Crippen molar-refractivity contribution in [3.63, 3.8) is 0 Å². The largest absolute Gasteiger partial charge is 0.478 e. The van der Waals surface area contributed by atoms with Crippen molar-refractivity contribution in [3.05, 3.63) is 36.5 Å². The molecule has 14 heavy (non-hydrogen) atoms. The molecule has 0 bridgehead atoms. The third-order valence-corrected chi connectivity index (χ3v) is 1.27. The second kappa shape index (κ2) is 9.34. The Morgan fingerprint density at radius 1 is 1.43 bits per heavy atom. The van der Waals surface area contributed by atoms with Gasteiger partial charge < -0.3 is 5.11 Å². The van der Waals surface area contributed by atoms with Crippen LogP contribution in [0.3, 0.4) is 0 Å². The topological polar surface area (TPSA) is 37.3 Å². The SMILES string of the molecule is CC=CC#CCCC=CC=CC(=O)O. The molecule has 2 heteroatoms. The Hall–Kier alpha value is -1.75. The summed E-state index contributed by atoms with van der Waals surface area (Å²) in [7, 11) is 0. The maximum Gasteiger partial charge on any atom is 0.328 e. The highest BCUT2D eigenvalue weighted by atomic mass is 16.4. The Bertz CT molecular complexity index is 298. The van der Waals surface area contributed by atoms with E-state index in [1.807, 2.05) is 19.1 Å². The molecule has 0 amide bonds. The fourth-order valence-electron chi connectivity index (χ4n) is 0.683. The molecule has 0 aliphatic carbocycles. The Balaban J connectivity index is 3.56. The van der Waals surface area contributed by atoms with E-state index in [9.17, 15) is 4.79 Å². The quantitative estimate of drug-likeness (QED) is 0.320. The van der Waals surface area contributed by atoms with Gasteiger partial charge in [0.05, 0.1) is 0 Å². The lowest BCUT2D eigenvalue weighted by atomic mass is 10.3. The highest BCUT2D eigenvalue weighted by Gasteiger charge is 1.80.